The zero-order valence-corrected chi connectivity index (χ0v) is 9.71. The van der Waals surface area contributed by atoms with Crippen molar-refractivity contribution in [3.8, 4) is 0 Å². The molecule has 0 saturated heterocycles. The molecule has 0 saturated carbocycles. The van der Waals surface area contributed by atoms with Crippen LogP contribution < -0.4 is 0 Å². The van der Waals surface area contributed by atoms with Crippen LogP contribution in [0.15, 0.2) is 0 Å². The highest BCUT2D eigenvalue weighted by atomic mass is 35.5. The van der Waals surface area contributed by atoms with E-state index in [4.69, 9.17) is 25.8 Å². The summed E-state index contributed by atoms with van der Waals surface area (Å²) < 4.78 is 15.0. The smallest absolute Gasteiger partial charge is 0.304 e. The summed E-state index contributed by atoms with van der Waals surface area (Å²) in [6.45, 7) is 5.39. The lowest BCUT2D eigenvalue weighted by atomic mass is 10.4. The summed E-state index contributed by atoms with van der Waals surface area (Å²) in [5.41, 5.74) is 0. The first-order chi connectivity index (χ1) is 6.47. The van der Waals surface area contributed by atoms with Crippen molar-refractivity contribution in [2.45, 2.75) is 38.5 Å². The Morgan fingerprint density at radius 1 is 1.43 bits per heavy atom. The molecule has 14 heavy (non-hydrogen) atoms. The van der Waals surface area contributed by atoms with Gasteiger partial charge in [0.15, 0.2) is 0 Å². The van der Waals surface area contributed by atoms with Crippen LogP contribution >= 0.6 is 11.6 Å². The van der Waals surface area contributed by atoms with E-state index in [2.05, 4.69) is 0 Å². The molecule has 0 aliphatic carbocycles. The molecule has 0 heterocycles. The van der Waals surface area contributed by atoms with Crippen LogP contribution in [0.5, 0.6) is 0 Å². The predicted octanol–water partition coefficient (Wildman–Crippen LogP) is 1.55. The van der Waals surface area contributed by atoms with Crippen LogP contribution in [0, 0.1) is 0 Å². The number of ether oxygens (including phenoxy) is 3. The van der Waals surface area contributed by atoms with Gasteiger partial charge in [-0.2, -0.15) is 0 Å². The Morgan fingerprint density at radius 2 is 2.00 bits per heavy atom. The van der Waals surface area contributed by atoms with Gasteiger partial charge in [-0.05, 0) is 13.8 Å². The van der Waals surface area contributed by atoms with Crippen molar-refractivity contribution >= 4 is 17.6 Å². The third kappa shape index (κ3) is 6.18. The number of alkyl halides is 1. The molecule has 0 rings (SSSR count). The minimum Gasteiger partial charge on any atom is -0.434 e. The van der Waals surface area contributed by atoms with Crippen LogP contribution in [-0.2, 0) is 19.0 Å². The predicted molar refractivity (Wildman–Crippen MR) is 53.3 cm³/mol. The molecular formula is C9H17ClO4. The van der Waals surface area contributed by atoms with Gasteiger partial charge in [0.25, 0.3) is 0 Å². The van der Waals surface area contributed by atoms with Crippen molar-refractivity contribution in [2.24, 2.45) is 0 Å². The standard InChI is InChI=1S/C9H17ClO4/c1-6(2)13-5-8(10)9(12-4)14-7(3)11/h6,8-9H,5H2,1-4H3. The Morgan fingerprint density at radius 3 is 2.36 bits per heavy atom. The van der Waals surface area contributed by atoms with Crippen LogP contribution in [0.2, 0.25) is 0 Å². The van der Waals surface area contributed by atoms with Gasteiger partial charge in [-0.3, -0.25) is 4.79 Å². The summed E-state index contributed by atoms with van der Waals surface area (Å²) in [6.07, 6.45) is -0.668. The molecule has 0 aromatic carbocycles. The second kappa shape index (κ2) is 7.04. The quantitative estimate of drug-likeness (QED) is 0.390. The highest BCUT2D eigenvalue weighted by Crippen LogP contribution is 2.10. The number of rotatable bonds is 6. The van der Waals surface area contributed by atoms with E-state index in [0.29, 0.717) is 0 Å². The summed E-state index contributed by atoms with van der Waals surface area (Å²) in [5, 5.41) is -0.494. The molecule has 0 aliphatic heterocycles. The molecule has 0 bridgehead atoms. The molecule has 0 aromatic rings. The van der Waals surface area contributed by atoms with Crippen LogP contribution in [0.1, 0.15) is 20.8 Å². The van der Waals surface area contributed by atoms with E-state index < -0.39 is 17.6 Å². The Hall–Kier alpha value is -0.320. The monoisotopic (exact) mass is 224 g/mol. The van der Waals surface area contributed by atoms with Crippen LogP contribution in [0.3, 0.4) is 0 Å². The van der Waals surface area contributed by atoms with Gasteiger partial charge in [0.05, 0.1) is 12.7 Å². The van der Waals surface area contributed by atoms with E-state index >= 15 is 0 Å². The van der Waals surface area contributed by atoms with E-state index in [0.717, 1.165) is 0 Å². The highest BCUT2D eigenvalue weighted by molar-refractivity contribution is 6.21. The fourth-order valence-corrected chi connectivity index (χ4v) is 1.02. The lowest BCUT2D eigenvalue weighted by Gasteiger charge is -2.21. The van der Waals surface area contributed by atoms with Gasteiger partial charge in [0.1, 0.15) is 5.38 Å². The van der Waals surface area contributed by atoms with Crippen molar-refractivity contribution in [2.75, 3.05) is 13.7 Å². The first kappa shape index (κ1) is 13.7. The average Bonchev–Trinajstić information content (AvgIpc) is 2.09. The molecule has 0 aliphatic rings. The van der Waals surface area contributed by atoms with Crippen molar-refractivity contribution in [1.29, 1.82) is 0 Å². The van der Waals surface area contributed by atoms with E-state index in [1.54, 1.807) is 0 Å². The Labute approximate surface area is 89.5 Å². The first-order valence-electron chi connectivity index (χ1n) is 4.43. The van der Waals surface area contributed by atoms with Crippen molar-refractivity contribution < 1.29 is 19.0 Å². The average molecular weight is 225 g/mol. The molecule has 0 spiro atoms. The largest absolute Gasteiger partial charge is 0.434 e. The molecule has 4 nitrogen and oxygen atoms in total. The van der Waals surface area contributed by atoms with Gasteiger partial charge >= 0.3 is 5.97 Å². The van der Waals surface area contributed by atoms with Crippen LogP contribution in [0.4, 0.5) is 0 Å². The molecule has 0 amide bonds. The molecule has 0 aromatic heterocycles. The maximum absolute atomic E-state index is 10.7. The number of methoxy groups -OCH3 is 1. The summed E-state index contributed by atoms with van der Waals surface area (Å²) in [4.78, 5) is 10.7. The van der Waals surface area contributed by atoms with E-state index in [-0.39, 0.29) is 12.7 Å². The van der Waals surface area contributed by atoms with Crippen LogP contribution in [0.25, 0.3) is 0 Å². The Kier molecular flexibility index (Phi) is 6.87. The third-order valence-corrected chi connectivity index (χ3v) is 1.73. The maximum atomic E-state index is 10.7. The zero-order chi connectivity index (χ0) is 11.1. The van der Waals surface area contributed by atoms with Gasteiger partial charge in [-0.1, -0.05) is 0 Å². The third-order valence-electron chi connectivity index (χ3n) is 1.40. The minimum absolute atomic E-state index is 0.0890. The molecule has 84 valence electrons. The van der Waals surface area contributed by atoms with Crippen LogP contribution in [-0.4, -0.2) is 37.5 Å². The SMILES string of the molecule is COC(OC(C)=O)C(Cl)COC(C)C. The van der Waals surface area contributed by atoms with Crippen molar-refractivity contribution in [3.05, 3.63) is 0 Å². The number of esters is 1. The van der Waals surface area contributed by atoms with Gasteiger partial charge in [-0.25, -0.2) is 0 Å². The van der Waals surface area contributed by atoms with Gasteiger partial charge in [0, 0.05) is 14.0 Å². The number of hydrogen-bond donors (Lipinski definition) is 0. The Balaban J connectivity index is 3.90. The van der Waals surface area contributed by atoms with E-state index in [9.17, 15) is 4.79 Å². The van der Waals surface area contributed by atoms with Gasteiger partial charge in [-0.15, -0.1) is 11.6 Å². The lowest BCUT2D eigenvalue weighted by Crippen LogP contribution is -2.32. The number of carbonyl (C=O) groups is 1. The van der Waals surface area contributed by atoms with E-state index in [1.165, 1.54) is 14.0 Å². The summed E-state index contributed by atoms with van der Waals surface area (Å²) in [7, 11) is 1.43. The van der Waals surface area contributed by atoms with Gasteiger partial charge in [0.2, 0.25) is 6.29 Å². The normalized spacial score (nSPS) is 15.3. The molecular weight excluding hydrogens is 208 g/mol. The van der Waals surface area contributed by atoms with Crippen molar-refractivity contribution in [1.82, 2.24) is 0 Å². The molecule has 0 fully saturated rings. The molecule has 0 N–H and O–H groups in total. The molecule has 2 unspecified atom stereocenters. The lowest BCUT2D eigenvalue weighted by molar-refractivity contribution is -0.173. The topological polar surface area (TPSA) is 44.8 Å². The van der Waals surface area contributed by atoms with Crippen molar-refractivity contribution in [3.63, 3.8) is 0 Å². The summed E-state index contributed by atoms with van der Waals surface area (Å²) in [5.74, 6) is -0.424. The fraction of sp³-hybridized carbons (Fsp3) is 0.889. The first-order valence-corrected chi connectivity index (χ1v) is 4.86. The maximum Gasteiger partial charge on any atom is 0.304 e. The highest BCUT2D eigenvalue weighted by Gasteiger charge is 2.22. The fourth-order valence-electron chi connectivity index (χ4n) is 0.796. The molecule has 5 heteroatoms. The summed E-state index contributed by atoms with van der Waals surface area (Å²) >= 11 is 5.91. The molecule has 0 radical (unpaired) electrons. The van der Waals surface area contributed by atoms with E-state index in [1.807, 2.05) is 13.8 Å². The number of halogens is 1. The minimum atomic E-state index is -0.757. The second-order valence-corrected chi connectivity index (χ2v) is 3.67. The second-order valence-electron chi connectivity index (χ2n) is 3.11. The number of hydrogen-bond acceptors (Lipinski definition) is 4. The van der Waals surface area contributed by atoms with Gasteiger partial charge < -0.3 is 14.2 Å². The molecule has 2 atom stereocenters. The zero-order valence-electron chi connectivity index (χ0n) is 8.95. The Bertz CT molecular complexity index is 172. The number of carbonyl (C=O) groups excluding carboxylic acids is 1. The summed E-state index contributed by atoms with van der Waals surface area (Å²) in [6, 6.07) is 0.